The molecule has 2 fully saturated rings. The monoisotopic (exact) mass is 298 g/mol. The van der Waals surface area contributed by atoms with E-state index in [1.54, 1.807) is 4.90 Å². The Morgan fingerprint density at radius 1 is 1.29 bits per heavy atom. The standard InChI is InChI=1S/C14H22N2O5/c1-21-8-7-15(9-12(17)18)14(20)11-3-2-6-16(11)13(19)10-4-5-10/h10-11H,2-9H2,1H3,(H,17,18). The van der Waals surface area contributed by atoms with Crippen LogP contribution in [0.25, 0.3) is 0 Å². The number of rotatable bonds is 7. The predicted octanol–water partition coefficient (Wildman–Crippen LogP) is -0.0530. The van der Waals surface area contributed by atoms with Gasteiger partial charge >= 0.3 is 5.97 Å². The van der Waals surface area contributed by atoms with Gasteiger partial charge in [-0.2, -0.15) is 0 Å². The minimum Gasteiger partial charge on any atom is -0.480 e. The molecule has 2 rings (SSSR count). The number of hydrogen-bond acceptors (Lipinski definition) is 4. The lowest BCUT2D eigenvalue weighted by Crippen LogP contribution is -2.50. The Labute approximate surface area is 123 Å². The summed E-state index contributed by atoms with van der Waals surface area (Å²) in [7, 11) is 1.50. The van der Waals surface area contributed by atoms with Gasteiger partial charge in [-0.05, 0) is 25.7 Å². The quantitative estimate of drug-likeness (QED) is 0.712. The van der Waals surface area contributed by atoms with Gasteiger partial charge in [0.2, 0.25) is 11.8 Å². The third kappa shape index (κ3) is 3.93. The van der Waals surface area contributed by atoms with Gasteiger partial charge in [0.1, 0.15) is 12.6 Å². The van der Waals surface area contributed by atoms with Crippen LogP contribution in [0.1, 0.15) is 25.7 Å². The van der Waals surface area contributed by atoms with Gasteiger partial charge in [-0.3, -0.25) is 14.4 Å². The van der Waals surface area contributed by atoms with Crippen molar-refractivity contribution in [3.05, 3.63) is 0 Å². The zero-order valence-electron chi connectivity index (χ0n) is 12.3. The molecule has 1 unspecified atom stereocenters. The average molecular weight is 298 g/mol. The van der Waals surface area contributed by atoms with E-state index in [0.29, 0.717) is 13.0 Å². The largest absolute Gasteiger partial charge is 0.480 e. The molecule has 0 radical (unpaired) electrons. The van der Waals surface area contributed by atoms with Gasteiger partial charge in [-0.1, -0.05) is 0 Å². The zero-order chi connectivity index (χ0) is 15.4. The third-order valence-corrected chi connectivity index (χ3v) is 3.95. The smallest absolute Gasteiger partial charge is 0.323 e. The fourth-order valence-corrected chi connectivity index (χ4v) is 2.69. The zero-order valence-corrected chi connectivity index (χ0v) is 12.3. The van der Waals surface area contributed by atoms with Crippen LogP contribution in [0.4, 0.5) is 0 Å². The molecule has 21 heavy (non-hydrogen) atoms. The summed E-state index contributed by atoms with van der Waals surface area (Å²) >= 11 is 0. The number of methoxy groups -OCH3 is 1. The van der Waals surface area contributed by atoms with Gasteiger partial charge in [-0.25, -0.2) is 0 Å². The summed E-state index contributed by atoms with van der Waals surface area (Å²) in [5, 5.41) is 8.93. The van der Waals surface area contributed by atoms with E-state index >= 15 is 0 Å². The van der Waals surface area contributed by atoms with E-state index in [-0.39, 0.29) is 37.4 Å². The summed E-state index contributed by atoms with van der Waals surface area (Å²) < 4.78 is 4.92. The van der Waals surface area contributed by atoms with Crippen LogP contribution in [-0.4, -0.2) is 72.1 Å². The highest BCUT2D eigenvalue weighted by Gasteiger charge is 2.42. The highest BCUT2D eigenvalue weighted by atomic mass is 16.5. The Morgan fingerprint density at radius 3 is 2.57 bits per heavy atom. The van der Waals surface area contributed by atoms with Crippen molar-refractivity contribution in [1.29, 1.82) is 0 Å². The van der Waals surface area contributed by atoms with Crippen LogP contribution in [0.2, 0.25) is 0 Å². The number of carboxylic acids is 1. The number of likely N-dealkylation sites (tertiary alicyclic amines) is 1. The van der Waals surface area contributed by atoms with Gasteiger partial charge in [0.05, 0.1) is 6.61 Å². The molecular formula is C14H22N2O5. The van der Waals surface area contributed by atoms with Crippen molar-refractivity contribution in [3.8, 4) is 0 Å². The van der Waals surface area contributed by atoms with Crippen molar-refractivity contribution < 1.29 is 24.2 Å². The number of carbonyl (C=O) groups excluding carboxylic acids is 2. The van der Waals surface area contributed by atoms with Crippen LogP contribution < -0.4 is 0 Å². The van der Waals surface area contributed by atoms with Crippen LogP contribution in [0, 0.1) is 5.92 Å². The van der Waals surface area contributed by atoms with Crippen LogP contribution in [0.3, 0.4) is 0 Å². The molecule has 1 aliphatic carbocycles. The molecule has 2 amide bonds. The molecule has 0 aromatic rings. The fraction of sp³-hybridized carbons (Fsp3) is 0.786. The number of nitrogens with zero attached hydrogens (tertiary/aromatic N) is 2. The third-order valence-electron chi connectivity index (χ3n) is 3.95. The van der Waals surface area contributed by atoms with Crippen molar-refractivity contribution in [1.82, 2.24) is 9.80 Å². The summed E-state index contributed by atoms with van der Waals surface area (Å²) in [6.45, 7) is 0.743. The molecule has 7 heteroatoms. The van der Waals surface area contributed by atoms with Crippen molar-refractivity contribution in [2.24, 2.45) is 5.92 Å². The molecule has 2 aliphatic rings. The lowest BCUT2D eigenvalue weighted by molar-refractivity contribution is -0.149. The van der Waals surface area contributed by atoms with Crippen molar-refractivity contribution in [2.75, 3.05) is 33.4 Å². The molecule has 1 atom stereocenters. The SMILES string of the molecule is COCCN(CC(=O)O)C(=O)C1CCCN1C(=O)C1CC1. The fourth-order valence-electron chi connectivity index (χ4n) is 2.69. The number of hydrogen-bond donors (Lipinski definition) is 1. The second kappa shape index (κ2) is 6.89. The first-order valence-electron chi connectivity index (χ1n) is 7.34. The molecule has 0 aromatic heterocycles. The van der Waals surface area contributed by atoms with E-state index in [2.05, 4.69) is 0 Å². The number of aliphatic carboxylic acids is 1. The molecule has 0 bridgehead atoms. The maximum Gasteiger partial charge on any atom is 0.323 e. The van der Waals surface area contributed by atoms with Gasteiger partial charge in [0.25, 0.3) is 0 Å². The Morgan fingerprint density at radius 2 is 2.00 bits per heavy atom. The molecule has 0 spiro atoms. The molecule has 1 aliphatic heterocycles. The molecule has 1 saturated carbocycles. The van der Waals surface area contributed by atoms with E-state index in [1.807, 2.05) is 0 Å². The molecule has 1 saturated heterocycles. The van der Waals surface area contributed by atoms with Crippen molar-refractivity contribution in [2.45, 2.75) is 31.7 Å². The molecule has 7 nitrogen and oxygen atoms in total. The first-order chi connectivity index (χ1) is 10.0. The number of ether oxygens (including phenoxy) is 1. The summed E-state index contributed by atoms with van der Waals surface area (Å²) in [4.78, 5) is 38.6. The summed E-state index contributed by atoms with van der Waals surface area (Å²) in [5.41, 5.74) is 0. The van der Waals surface area contributed by atoms with Gasteiger partial charge in [0, 0.05) is 26.1 Å². The maximum atomic E-state index is 12.6. The minimum absolute atomic E-state index is 0.0490. The Kier molecular flexibility index (Phi) is 5.17. The van der Waals surface area contributed by atoms with Crippen molar-refractivity contribution in [3.63, 3.8) is 0 Å². The van der Waals surface area contributed by atoms with Gasteiger partial charge < -0.3 is 19.6 Å². The normalized spacial score (nSPS) is 21.4. The summed E-state index contributed by atoms with van der Waals surface area (Å²) in [6, 6.07) is -0.505. The van der Waals surface area contributed by atoms with Crippen LogP contribution in [0.5, 0.6) is 0 Å². The van der Waals surface area contributed by atoms with E-state index in [4.69, 9.17) is 9.84 Å². The van der Waals surface area contributed by atoms with E-state index < -0.39 is 12.0 Å². The number of carboxylic acid groups (broad SMARTS) is 1. The van der Waals surface area contributed by atoms with Crippen LogP contribution >= 0.6 is 0 Å². The van der Waals surface area contributed by atoms with E-state index in [0.717, 1.165) is 19.3 Å². The average Bonchev–Trinajstić information content (AvgIpc) is 3.18. The Hall–Kier alpha value is -1.63. The highest BCUT2D eigenvalue weighted by Crippen LogP contribution is 2.34. The number of carbonyl (C=O) groups is 3. The molecule has 118 valence electrons. The second-order valence-electron chi connectivity index (χ2n) is 5.61. The van der Waals surface area contributed by atoms with Gasteiger partial charge in [-0.15, -0.1) is 0 Å². The lowest BCUT2D eigenvalue weighted by Gasteiger charge is -2.29. The molecule has 0 aromatic carbocycles. The van der Waals surface area contributed by atoms with Crippen molar-refractivity contribution >= 4 is 17.8 Å². The molecule has 1 N–H and O–H groups in total. The molecular weight excluding hydrogens is 276 g/mol. The highest BCUT2D eigenvalue weighted by molar-refractivity contribution is 5.91. The molecule has 1 heterocycles. The number of amides is 2. The summed E-state index contributed by atoms with van der Waals surface area (Å²) in [5.74, 6) is -1.21. The Balaban J connectivity index is 2.02. The van der Waals surface area contributed by atoms with E-state index in [9.17, 15) is 14.4 Å². The lowest BCUT2D eigenvalue weighted by atomic mass is 10.1. The minimum atomic E-state index is -1.06. The first kappa shape index (κ1) is 15.8. The van der Waals surface area contributed by atoms with Crippen LogP contribution in [-0.2, 0) is 19.1 Å². The predicted molar refractivity (Wildman–Crippen MR) is 73.6 cm³/mol. The van der Waals surface area contributed by atoms with E-state index in [1.165, 1.54) is 12.0 Å². The summed E-state index contributed by atoms with van der Waals surface area (Å²) in [6.07, 6.45) is 3.21. The second-order valence-corrected chi connectivity index (χ2v) is 5.61. The first-order valence-corrected chi connectivity index (χ1v) is 7.34. The maximum absolute atomic E-state index is 12.6. The topological polar surface area (TPSA) is 87.2 Å². The van der Waals surface area contributed by atoms with Gasteiger partial charge in [0.15, 0.2) is 0 Å². The van der Waals surface area contributed by atoms with Crippen LogP contribution in [0.15, 0.2) is 0 Å². The Bertz CT molecular complexity index is 422.